The highest BCUT2D eigenvalue weighted by atomic mass is 19.1. The number of nitrogens with one attached hydrogen (secondary N) is 1. The molecule has 0 unspecified atom stereocenters. The second-order valence-corrected chi connectivity index (χ2v) is 6.90. The van der Waals surface area contributed by atoms with Crippen LogP contribution in [0.3, 0.4) is 0 Å². The van der Waals surface area contributed by atoms with Crippen LogP contribution >= 0.6 is 0 Å². The van der Waals surface area contributed by atoms with Crippen molar-refractivity contribution < 1.29 is 9.18 Å². The molecule has 1 aromatic heterocycles. The molecule has 0 atom stereocenters. The zero-order valence-corrected chi connectivity index (χ0v) is 16.2. The third kappa shape index (κ3) is 3.80. The third-order valence-corrected chi connectivity index (χ3v) is 4.92. The van der Waals surface area contributed by atoms with Crippen LogP contribution in [0, 0.1) is 19.7 Å². The first-order chi connectivity index (χ1) is 14.0. The fourth-order valence-corrected chi connectivity index (χ4v) is 3.49. The van der Waals surface area contributed by atoms with Gasteiger partial charge in [-0.2, -0.15) is 5.10 Å². The molecule has 144 valence electrons. The lowest BCUT2D eigenvalue weighted by atomic mass is 10.1. The first-order valence-corrected chi connectivity index (χ1v) is 9.30. The minimum absolute atomic E-state index is 0.272. The third-order valence-electron chi connectivity index (χ3n) is 4.92. The summed E-state index contributed by atoms with van der Waals surface area (Å²) < 4.78 is 15.5. The van der Waals surface area contributed by atoms with Gasteiger partial charge < -0.3 is 4.57 Å². The van der Waals surface area contributed by atoms with Crippen LogP contribution in [0.25, 0.3) is 16.5 Å². The Morgan fingerprint density at radius 2 is 1.76 bits per heavy atom. The Hall–Kier alpha value is -3.73. The summed E-state index contributed by atoms with van der Waals surface area (Å²) in [5.41, 5.74) is 6.60. The summed E-state index contributed by atoms with van der Waals surface area (Å²) in [5.74, 6) is -0.557. The molecule has 0 aliphatic carbocycles. The molecule has 0 aliphatic rings. The lowest BCUT2D eigenvalue weighted by Gasteiger charge is -2.09. The van der Waals surface area contributed by atoms with E-state index in [0.717, 1.165) is 33.4 Å². The molecule has 5 heteroatoms. The van der Waals surface area contributed by atoms with Crippen molar-refractivity contribution in [2.75, 3.05) is 0 Å². The lowest BCUT2D eigenvalue weighted by Crippen LogP contribution is -2.17. The van der Waals surface area contributed by atoms with Crippen LogP contribution < -0.4 is 5.43 Å². The van der Waals surface area contributed by atoms with Gasteiger partial charge in [0.15, 0.2) is 0 Å². The van der Waals surface area contributed by atoms with E-state index < -0.39 is 0 Å². The summed E-state index contributed by atoms with van der Waals surface area (Å²) in [6.07, 6.45) is 1.61. The molecule has 4 aromatic rings. The van der Waals surface area contributed by atoms with Gasteiger partial charge in [-0.05, 0) is 61.0 Å². The molecule has 0 fully saturated rings. The Morgan fingerprint density at radius 3 is 2.55 bits per heavy atom. The number of halogens is 1. The molecule has 0 saturated heterocycles. The summed E-state index contributed by atoms with van der Waals surface area (Å²) in [7, 11) is 0. The molecule has 0 saturated carbocycles. The first kappa shape index (κ1) is 18.6. The summed E-state index contributed by atoms with van der Waals surface area (Å²) in [5, 5.41) is 6.20. The topological polar surface area (TPSA) is 46.4 Å². The van der Waals surface area contributed by atoms with Gasteiger partial charge in [-0.3, -0.25) is 4.79 Å². The van der Waals surface area contributed by atoms with Crippen molar-refractivity contribution in [1.82, 2.24) is 9.99 Å². The average Bonchev–Trinajstić information content (AvgIpc) is 3.00. The molecule has 1 amide bonds. The Bertz CT molecular complexity index is 1240. The van der Waals surface area contributed by atoms with Crippen molar-refractivity contribution in [2.24, 2.45) is 5.10 Å². The minimum atomic E-state index is -0.284. The maximum atomic E-state index is 13.6. The number of hydrazone groups is 1. The number of benzene rings is 3. The van der Waals surface area contributed by atoms with Crippen LogP contribution in [0.4, 0.5) is 4.39 Å². The summed E-state index contributed by atoms with van der Waals surface area (Å²) >= 11 is 0. The molecule has 1 heterocycles. The quantitative estimate of drug-likeness (QED) is 0.383. The van der Waals surface area contributed by atoms with E-state index in [0.29, 0.717) is 5.56 Å². The van der Waals surface area contributed by atoms with Gasteiger partial charge in [0.1, 0.15) is 5.82 Å². The standard InChI is InChI=1S/C24H20FN3O/c1-16-12-21(17(2)28(16)23-9-5-8-22(25)14-23)15-26-27-24(29)20-11-10-18-6-3-4-7-19(18)13-20/h3-15H,1-2H3,(H,27,29)/b26-15+. The number of fused-ring (bicyclic) bond motifs is 1. The van der Waals surface area contributed by atoms with Gasteiger partial charge in [0.05, 0.1) is 6.21 Å². The molecule has 0 aliphatic heterocycles. The first-order valence-electron chi connectivity index (χ1n) is 9.30. The van der Waals surface area contributed by atoms with E-state index >= 15 is 0 Å². The van der Waals surface area contributed by atoms with Crippen LogP contribution in [-0.4, -0.2) is 16.7 Å². The Kier molecular flexibility index (Phi) is 4.96. The number of carbonyl (C=O) groups is 1. The fourth-order valence-electron chi connectivity index (χ4n) is 3.49. The predicted molar refractivity (Wildman–Crippen MR) is 114 cm³/mol. The highest BCUT2D eigenvalue weighted by molar-refractivity contribution is 5.99. The zero-order chi connectivity index (χ0) is 20.4. The molecular weight excluding hydrogens is 365 g/mol. The SMILES string of the molecule is Cc1cc(/C=N/NC(=O)c2ccc3ccccc3c2)c(C)n1-c1cccc(F)c1. The highest BCUT2D eigenvalue weighted by Gasteiger charge is 2.10. The van der Waals surface area contributed by atoms with Gasteiger partial charge in [0, 0.05) is 28.2 Å². The fraction of sp³-hybridized carbons (Fsp3) is 0.0833. The molecular formula is C24H20FN3O. The van der Waals surface area contributed by atoms with Crippen molar-refractivity contribution >= 4 is 22.9 Å². The van der Waals surface area contributed by atoms with Gasteiger partial charge in [0.25, 0.3) is 5.91 Å². The number of amides is 1. The molecule has 1 N–H and O–H groups in total. The molecule has 0 spiro atoms. The van der Waals surface area contributed by atoms with E-state index in [4.69, 9.17) is 0 Å². The number of carbonyl (C=O) groups excluding carboxylic acids is 1. The number of nitrogens with zero attached hydrogens (tertiary/aromatic N) is 2. The monoisotopic (exact) mass is 385 g/mol. The van der Waals surface area contributed by atoms with Crippen molar-refractivity contribution in [3.63, 3.8) is 0 Å². The summed E-state index contributed by atoms with van der Waals surface area (Å²) in [6.45, 7) is 3.88. The largest absolute Gasteiger partial charge is 0.318 e. The number of hydrogen-bond donors (Lipinski definition) is 1. The van der Waals surface area contributed by atoms with E-state index in [-0.39, 0.29) is 11.7 Å². The van der Waals surface area contributed by atoms with Crippen LogP contribution in [0.15, 0.2) is 77.9 Å². The van der Waals surface area contributed by atoms with Gasteiger partial charge in [0.2, 0.25) is 0 Å². The smallest absolute Gasteiger partial charge is 0.271 e. The Balaban J connectivity index is 1.53. The normalized spacial score (nSPS) is 11.3. The molecule has 4 rings (SSSR count). The lowest BCUT2D eigenvalue weighted by molar-refractivity contribution is 0.0955. The van der Waals surface area contributed by atoms with Crippen LogP contribution in [-0.2, 0) is 0 Å². The summed E-state index contributed by atoms with van der Waals surface area (Å²) in [6, 6.07) is 21.8. The van der Waals surface area contributed by atoms with Crippen molar-refractivity contribution in [2.45, 2.75) is 13.8 Å². The van der Waals surface area contributed by atoms with Crippen molar-refractivity contribution in [3.8, 4) is 5.69 Å². The number of aromatic nitrogens is 1. The van der Waals surface area contributed by atoms with Crippen LogP contribution in [0.1, 0.15) is 27.3 Å². The molecule has 0 radical (unpaired) electrons. The summed E-state index contributed by atoms with van der Waals surface area (Å²) in [4.78, 5) is 12.4. The number of rotatable bonds is 4. The number of hydrogen-bond acceptors (Lipinski definition) is 2. The second kappa shape index (κ2) is 7.72. The average molecular weight is 385 g/mol. The van der Waals surface area contributed by atoms with Crippen molar-refractivity contribution in [1.29, 1.82) is 0 Å². The minimum Gasteiger partial charge on any atom is -0.318 e. The highest BCUT2D eigenvalue weighted by Crippen LogP contribution is 2.20. The van der Waals surface area contributed by atoms with Crippen LogP contribution in [0.5, 0.6) is 0 Å². The van der Waals surface area contributed by atoms with E-state index in [1.165, 1.54) is 12.1 Å². The van der Waals surface area contributed by atoms with Gasteiger partial charge in [-0.15, -0.1) is 0 Å². The maximum absolute atomic E-state index is 13.6. The maximum Gasteiger partial charge on any atom is 0.271 e. The molecule has 0 bridgehead atoms. The van der Waals surface area contributed by atoms with Crippen LogP contribution in [0.2, 0.25) is 0 Å². The Morgan fingerprint density at radius 1 is 0.966 bits per heavy atom. The van der Waals surface area contributed by atoms with E-state index in [1.54, 1.807) is 18.3 Å². The van der Waals surface area contributed by atoms with Gasteiger partial charge >= 0.3 is 0 Å². The second-order valence-electron chi connectivity index (χ2n) is 6.90. The Labute approximate surface area is 168 Å². The molecule has 3 aromatic carbocycles. The van der Waals surface area contributed by atoms with Crippen molar-refractivity contribution in [3.05, 3.63) is 101 Å². The van der Waals surface area contributed by atoms with Gasteiger partial charge in [-0.25, -0.2) is 9.82 Å². The van der Waals surface area contributed by atoms with E-state index in [9.17, 15) is 9.18 Å². The van der Waals surface area contributed by atoms with Gasteiger partial charge in [-0.1, -0.05) is 36.4 Å². The molecule has 29 heavy (non-hydrogen) atoms. The zero-order valence-electron chi connectivity index (χ0n) is 16.2. The van der Waals surface area contributed by atoms with E-state index in [1.807, 2.05) is 66.9 Å². The van der Waals surface area contributed by atoms with E-state index in [2.05, 4.69) is 10.5 Å². The molecule has 4 nitrogen and oxygen atoms in total. The number of aryl methyl sites for hydroxylation is 1. The predicted octanol–water partition coefficient (Wildman–Crippen LogP) is 5.15.